The molecule has 0 aliphatic carbocycles. The highest BCUT2D eigenvalue weighted by molar-refractivity contribution is 7.89. The molecule has 2 aromatic rings. The number of hydrogen-bond acceptors (Lipinski definition) is 3. The van der Waals surface area contributed by atoms with Gasteiger partial charge in [0, 0.05) is 12.1 Å². The third-order valence-corrected chi connectivity index (χ3v) is 4.92. The van der Waals surface area contributed by atoms with Crippen LogP contribution in [-0.2, 0) is 10.0 Å². The quantitative estimate of drug-likeness (QED) is 0.833. The number of nitrogens with one attached hydrogen (secondary N) is 1. The number of ketones is 1. The van der Waals surface area contributed by atoms with E-state index >= 15 is 0 Å². The zero-order valence-electron chi connectivity index (χ0n) is 12.6. The number of hydrogen-bond donors (Lipinski definition) is 1. The highest BCUT2D eigenvalue weighted by Crippen LogP contribution is 2.16. The first-order valence-corrected chi connectivity index (χ1v) is 8.54. The summed E-state index contributed by atoms with van der Waals surface area (Å²) in [5.41, 5.74) is 1.46. The Balaban J connectivity index is 2.11. The van der Waals surface area contributed by atoms with E-state index in [1.54, 1.807) is 12.1 Å². The SMILES string of the molecule is CC(=O)c1cccc(S(=O)(=O)NC[C@H](C)c2ccccc2)c1. The van der Waals surface area contributed by atoms with E-state index in [0.29, 0.717) is 12.1 Å². The zero-order chi connectivity index (χ0) is 16.2. The monoisotopic (exact) mass is 317 g/mol. The molecule has 2 aromatic carbocycles. The maximum Gasteiger partial charge on any atom is 0.240 e. The maximum atomic E-state index is 12.3. The smallest absolute Gasteiger partial charge is 0.240 e. The molecular weight excluding hydrogens is 298 g/mol. The van der Waals surface area contributed by atoms with Gasteiger partial charge >= 0.3 is 0 Å². The molecule has 0 saturated carbocycles. The summed E-state index contributed by atoms with van der Waals surface area (Å²) in [6, 6.07) is 15.8. The number of carbonyl (C=O) groups excluding carboxylic acids is 1. The van der Waals surface area contributed by atoms with Crippen molar-refractivity contribution in [3.63, 3.8) is 0 Å². The largest absolute Gasteiger partial charge is 0.295 e. The summed E-state index contributed by atoms with van der Waals surface area (Å²) in [6.07, 6.45) is 0. The van der Waals surface area contributed by atoms with Crippen molar-refractivity contribution >= 4 is 15.8 Å². The van der Waals surface area contributed by atoms with Crippen LogP contribution in [-0.4, -0.2) is 20.7 Å². The normalized spacial score (nSPS) is 12.8. The zero-order valence-corrected chi connectivity index (χ0v) is 13.4. The van der Waals surface area contributed by atoms with Gasteiger partial charge in [0.15, 0.2) is 5.78 Å². The number of Topliss-reactive ketones (excluding diaryl/α,β-unsaturated/α-hetero) is 1. The number of sulfonamides is 1. The lowest BCUT2D eigenvalue weighted by Crippen LogP contribution is -2.27. The van der Waals surface area contributed by atoms with E-state index in [2.05, 4.69) is 4.72 Å². The molecule has 0 amide bonds. The molecule has 4 nitrogen and oxygen atoms in total. The van der Waals surface area contributed by atoms with Gasteiger partial charge in [0.1, 0.15) is 0 Å². The van der Waals surface area contributed by atoms with Crippen LogP contribution < -0.4 is 4.72 Å². The van der Waals surface area contributed by atoms with Crippen LogP contribution in [0.15, 0.2) is 59.5 Å². The molecule has 0 aliphatic heterocycles. The maximum absolute atomic E-state index is 12.3. The lowest BCUT2D eigenvalue weighted by molar-refractivity contribution is 0.101. The van der Waals surface area contributed by atoms with Gasteiger partial charge in [0.2, 0.25) is 10.0 Å². The Labute approximate surface area is 131 Å². The summed E-state index contributed by atoms with van der Waals surface area (Å²) in [5.74, 6) is -0.0957. The van der Waals surface area contributed by atoms with Crippen LogP contribution in [0.2, 0.25) is 0 Å². The van der Waals surface area contributed by atoms with Gasteiger partial charge in [-0.05, 0) is 30.5 Å². The van der Waals surface area contributed by atoms with Gasteiger partial charge in [0.05, 0.1) is 4.90 Å². The van der Waals surface area contributed by atoms with Crippen LogP contribution in [0, 0.1) is 0 Å². The highest BCUT2D eigenvalue weighted by atomic mass is 32.2. The molecule has 0 spiro atoms. The van der Waals surface area contributed by atoms with Crippen molar-refractivity contribution in [2.45, 2.75) is 24.7 Å². The van der Waals surface area contributed by atoms with E-state index in [1.165, 1.54) is 19.1 Å². The predicted octanol–water partition coefficient (Wildman–Crippen LogP) is 2.97. The van der Waals surface area contributed by atoms with E-state index in [4.69, 9.17) is 0 Å². The minimum absolute atomic E-state index is 0.0620. The molecule has 0 aromatic heterocycles. The molecule has 0 saturated heterocycles. The van der Waals surface area contributed by atoms with Crippen molar-refractivity contribution in [1.29, 1.82) is 0 Å². The van der Waals surface area contributed by atoms with Crippen LogP contribution in [0.1, 0.15) is 35.7 Å². The second-order valence-corrected chi connectivity index (χ2v) is 7.01. The van der Waals surface area contributed by atoms with E-state index in [0.717, 1.165) is 5.56 Å². The molecule has 0 bridgehead atoms. The minimum Gasteiger partial charge on any atom is -0.295 e. The fourth-order valence-electron chi connectivity index (χ4n) is 2.10. The first-order valence-electron chi connectivity index (χ1n) is 7.06. The molecule has 0 radical (unpaired) electrons. The Kier molecular flexibility index (Phi) is 5.11. The Bertz CT molecular complexity index is 754. The lowest BCUT2D eigenvalue weighted by atomic mass is 10.0. The van der Waals surface area contributed by atoms with Crippen LogP contribution in [0.25, 0.3) is 0 Å². The molecule has 2 rings (SSSR count). The summed E-state index contributed by atoms with van der Waals surface area (Å²) < 4.78 is 27.2. The molecule has 0 fully saturated rings. The van der Waals surface area contributed by atoms with Gasteiger partial charge in [-0.3, -0.25) is 4.79 Å². The lowest BCUT2D eigenvalue weighted by Gasteiger charge is -2.13. The standard InChI is InChI=1S/C17H19NO3S/c1-13(15-7-4-3-5-8-15)12-18-22(20,21)17-10-6-9-16(11-17)14(2)19/h3-11,13,18H,12H2,1-2H3/t13-/m0/s1. The molecule has 0 aliphatic rings. The van der Waals surface area contributed by atoms with Gasteiger partial charge in [-0.15, -0.1) is 0 Å². The second-order valence-electron chi connectivity index (χ2n) is 5.25. The summed E-state index contributed by atoms with van der Waals surface area (Å²) in [7, 11) is -3.62. The average molecular weight is 317 g/mol. The molecule has 0 heterocycles. The van der Waals surface area contributed by atoms with Crippen LogP contribution in [0.4, 0.5) is 0 Å². The first-order chi connectivity index (χ1) is 10.4. The Morgan fingerprint density at radius 3 is 2.41 bits per heavy atom. The number of benzene rings is 2. The Morgan fingerprint density at radius 1 is 1.09 bits per heavy atom. The fourth-order valence-corrected chi connectivity index (χ4v) is 3.28. The fraction of sp³-hybridized carbons (Fsp3) is 0.235. The summed E-state index contributed by atoms with van der Waals surface area (Å²) in [5, 5.41) is 0. The molecule has 5 heteroatoms. The summed E-state index contributed by atoms with van der Waals surface area (Å²) in [4.78, 5) is 11.5. The molecule has 1 atom stereocenters. The molecule has 0 unspecified atom stereocenters. The van der Waals surface area contributed by atoms with Crippen LogP contribution >= 0.6 is 0 Å². The van der Waals surface area contributed by atoms with Crippen molar-refractivity contribution < 1.29 is 13.2 Å². The summed E-state index contributed by atoms with van der Waals surface area (Å²) >= 11 is 0. The third kappa shape index (κ3) is 4.02. The van der Waals surface area contributed by atoms with Gasteiger partial charge in [-0.1, -0.05) is 49.4 Å². The van der Waals surface area contributed by atoms with Crippen LogP contribution in [0.5, 0.6) is 0 Å². The summed E-state index contributed by atoms with van der Waals surface area (Å²) in [6.45, 7) is 3.68. The molecule has 116 valence electrons. The topological polar surface area (TPSA) is 63.2 Å². The van der Waals surface area contributed by atoms with Crippen molar-refractivity contribution in [2.24, 2.45) is 0 Å². The van der Waals surface area contributed by atoms with Crippen LogP contribution in [0.3, 0.4) is 0 Å². The average Bonchev–Trinajstić information content (AvgIpc) is 2.53. The third-order valence-electron chi connectivity index (χ3n) is 3.50. The van der Waals surface area contributed by atoms with E-state index in [9.17, 15) is 13.2 Å². The molecule has 1 N–H and O–H groups in total. The van der Waals surface area contributed by atoms with Crippen molar-refractivity contribution in [3.05, 3.63) is 65.7 Å². The minimum atomic E-state index is -3.62. The predicted molar refractivity (Wildman–Crippen MR) is 86.5 cm³/mol. The van der Waals surface area contributed by atoms with Crippen molar-refractivity contribution in [1.82, 2.24) is 4.72 Å². The van der Waals surface area contributed by atoms with Crippen molar-refractivity contribution in [2.75, 3.05) is 6.54 Å². The highest BCUT2D eigenvalue weighted by Gasteiger charge is 2.16. The molecule has 22 heavy (non-hydrogen) atoms. The van der Waals surface area contributed by atoms with E-state index < -0.39 is 10.0 Å². The number of rotatable bonds is 6. The second kappa shape index (κ2) is 6.85. The van der Waals surface area contributed by atoms with Gasteiger partial charge < -0.3 is 0 Å². The van der Waals surface area contributed by atoms with E-state index in [-0.39, 0.29) is 16.6 Å². The molecular formula is C17H19NO3S. The van der Waals surface area contributed by atoms with Gasteiger partial charge in [-0.2, -0.15) is 0 Å². The van der Waals surface area contributed by atoms with E-state index in [1.807, 2.05) is 37.3 Å². The number of carbonyl (C=O) groups is 1. The van der Waals surface area contributed by atoms with Crippen molar-refractivity contribution in [3.8, 4) is 0 Å². The van der Waals surface area contributed by atoms with Gasteiger partial charge in [-0.25, -0.2) is 13.1 Å². The Hall–Kier alpha value is -1.98. The van der Waals surface area contributed by atoms with Gasteiger partial charge in [0.25, 0.3) is 0 Å². The first kappa shape index (κ1) is 16.4. The Morgan fingerprint density at radius 2 is 1.77 bits per heavy atom.